The number of ether oxygens (including phenoxy) is 1. The fourth-order valence-corrected chi connectivity index (χ4v) is 2.59. The Balaban J connectivity index is 2.72. The van der Waals surface area contributed by atoms with E-state index in [1.165, 1.54) is 19.2 Å². The highest BCUT2D eigenvalue weighted by molar-refractivity contribution is 7.88. The van der Waals surface area contributed by atoms with Crippen LogP contribution < -0.4 is 4.72 Å². The molecule has 0 bridgehead atoms. The van der Waals surface area contributed by atoms with Crippen LogP contribution in [0.4, 0.5) is 0 Å². The average molecular weight is 298 g/mol. The summed E-state index contributed by atoms with van der Waals surface area (Å²) in [6.45, 7) is 0.0705. The second-order valence-electron chi connectivity index (χ2n) is 3.80. The first-order chi connectivity index (χ1) is 9.48. The van der Waals surface area contributed by atoms with Crippen molar-refractivity contribution in [1.82, 2.24) is 4.72 Å². The van der Waals surface area contributed by atoms with Gasteiger partial charge in [-0.3, -0.25) is 0 Å². The SMILES string of the molecule is COC(=O)c1cccc(CS(=O)(=O)NCCN=[N+]=[N-])c1. The highest BCUT2D eigenvalue weighted by Gasteiger charge is 2.12. The molecule has 1 rings (SSSR count). The number of benzene rings is 1. The van der Waals surface area contributed by atoms with Crippen LogP contribution in [-0.2, 0) is 20.5 Å². The maximum atomic E-state index is 11.8. The maximum Gasteiger partial charge on any atom is 0.337 e. The molecular formula is C11H14N4O4S. The van der Waals surface area contributed by atoms with Crippen LogP contribution in [0.2, 0.25) is 0 Å². The number of nitrogens with one attached hydrogen (secondary N) is 1. The van der Waals surface area contributed by atoms with Crippen molar-refractivity contribution in [1.29, 1.82) is 0 Å². The van der Waals surface area contributed by atoms with Gasteiger partial charge in [0.2, 0.25) is 10.0 Å². The lowest BCUT2D eigenvalue weighted by Crippen LogP contribution is -2.27. The Bertz CT molecular complexity index is 623. The van der Waals surface area contributed by atoms with Crippen LogP contribution in [0.25, 0.3) is 10.4 Å². The number of azide groups is 1. The van der Waals surface area contributed by atoms with Gasteiger partial charge in [0.1, 0.15) is 0 Å². The fourth-order valence-electron chi connectivity index (χ4n) is 1.47. The standard InChI is InChI=1S/C11H14N4O4S/c1-19-11(16)10-4-2-3-9(7-10)8-20(17,18)14-6-5-13-15-12/h2-4,7,14H,5-6,8H2,1H3. The molecule has 108 valence electrons. The van der Waals surface area contributed by atoms with Gasteiger partial charge in [-0.2, -0.15) is 0 Å². The van der Waals surface area contributed by atoms with E-state index in [0.29, 0.717) is 5.56 Å². The van der Waals surface area contributed by atoms with E-state index >= 15 is 0 Å². The highest BCUT2D eigenvalue weighted by atomic mass is 32.2. The summed E-state index contributed by atoms with van der Waals surface area (Å²) in [7, 11) is -2.30. The molecule has 0 amide bonds. The molecule has 0 aromatic heterocycles. The lowest BCUT2D eigenvalue weighted by atomic mass is 10.1. The number of hydrogen-bond donors (Lipinski definition) is 1. The molecule has 0 heterocycles. The lowest BCUT2D eigenvalue weighted by Gasteiger charge is -2.06. The molecule has 0 unspecified atom stereocenters. The van der Waals surface area contributed by atoms with Crippen LogP contribution >= 0.6 is 0 Å². The molecule has 0 atom stereocenters. The smallest absolute Gasteiger partial charge is 0.337 e. The number of methoxy groups -OCH3 is 1. The predicted octanol–water partition coefficient (Wildman–Crippen LogP) is 1.20. The molecule has 1 N–H and O–H groups in total. The van der Waals surface area contributed by atoms with E-state index in [9.17, 15) is 13.2 Å². The van der Waals surface area contributed by atoms with Crippen LogP contribution in [0.1, 0.15) is 15.9 Å². The summed E-state index contributed by atoms with van der Waals surface area (Å²) in [5, 5.41) is 3.22. The summed E-state index contributed by atoms with van der Waals surface area (Å²) in [4.78, 5) is 13.9. The van der Waals surface area contributed by atoms with Crippen molar-refractivity contribution in [3.05, 3.63) is 45.8 Å². The summed E-state index contributed by atoms with van der Waals surface area (Å²) in [6.07, 6.45) is 0. The third-order valence-corrected chi connectivity index (χ3v) is 3.66. The molecule has 0 fully saturated rings. The number of rotatable bonds is 7. The van der Waals surface area contributed by atoms with Crippen LogP contribution in [0.3, 0.4) is 0 Å². The van der Waals surface area contributed by atoms with Crippen molar-refractivity contribution in [2.75, 3.05) is 20.2 Å². The Kier molecular flexibility index (Phi) is 5.98. The Morgan fingerprint density at radius 3 is 2.90 bits per heavy atom. The van der Waals surface area contributed by atoms with Crippen molar-refractivity contribution >= 4 is 16.0 Å². The van der Waals surface area contributed by atoms with Gasteiger partial charge in [0.25, 0.3) is 0 Å². The number of carbonyl (C=O) groups is 1. The zero-order valence-electron chi connectivity index (χ0n) is 10.8. The van der Waals surface area contributed by atoms with E-state index < -0.39 is 16.0 Å². The van der Waals surface area contributed by atoms with Crippen LogP contribution in [0.15, 0.2) is 29.4 Å². The fraction of sp³-hybridized carbons (Fsp3) is 0.364. The summed E-state index contributed by atoms with van der Waals surface area (Å²) in [5.41, 5.74) is 8.82. The first-order valence-electron chi connectivity index (χ1n) is 5.64. The monoisotopic (exact) mass is 298 g/mol. The van der Waals surface area contributed by atoms with E-state index in [2.05, 4.69) is 19.5 Å². The second-order valence-corrected chi connectivity index (χ2v) is 5.61. The third kappa shape index (κ3) is 5.27. The summed E-state index contributed by atoms with van der Waals surface area (Å²) in [6, 6.07) is 6.17. The third-order valence-electron chi connectivity index (χ3n) is 2.30. The molecule has 0 aliphatic rings. The van der Waals surface area contributed by atoms with Gasteiger partial charge in [-0.1, -0.05) is 17.2 Å². The number of hydrogen-bond acceptors (Lipinski definition) is 5. The minimum absolute atomic E-state index is 0.0308. The molecule has 1 aromatic rings. The Morgan fingerprint density at radius 1 is 1.50 bits per heavy atom. The molecule has 0 saturated carbocycles. The largest absolute Gasteiger partial charge is 0.465 e. The second kappa shape index (κ2) is 7.49. The van der Waals surface area contributed by atoms with Gasteiger partial charge in [0.05, 0.1) is 18.4 Å². The molecule has 0 radical (unpaired) electrons. The van der Waals surface area contributed by atoms with Gasteiger partial charge in [-0.05, 0) is 23.2 Å². The quantitative estimate of drug-likeness (QED) is 0.267. The first-order valence-corrected chi connectivity index (χ1v) is 7.29. The van der Waals surface area contributed by atoms with Gasteiger partial charge >= 0.3 is 5.97 Å². The Hall–Kier alpha value is -2.09. The van der Waals surface area contributed by atoms with Crippen molar-refractivity contribution in [2.24, 2.45) is 5.11 Å². The van der Waals surface area contributed by atoms with Crippen molar-refractivity contribution in [3.63, 3.8) is 0 Å². The molecule has 20 heavy (non-hydrogen) atoms. The molecule has 9 heteroatoms. The molecule has 0 aliphatic heterocycles. The Labute approximate surface area is 116 Å². The van der Waals surface area contributed by atoms with Crippen molar-refractivity contribution < 1.29 is 17.9 Å². The van der Waals surface area contributed by atoms with Gasteiger partial charge in [-0.25, -0.2) is 17.9 Å². The first kappa shape index (κ1) is 16.0. The minimum Gasteiger partial charge on any atom is -0.465 e. The topological polar surface area (TPSA) is 121 Å². The van der Waals surface area contributed by atoms with E-state index in [1.54, 1.807) is 12.1 Å². The van der Waals surface area contributed by atoms with Crippen molar-refractivity contribution in [3.8, 4) is 0 Å². The molecule has 0 saturated heterocycles. The van der Waals surface area contributed by atoms with E-state index in [1.807, 2.05) is 0 Å². The normalized spacial score (nSPS) is 10.7. The van der Waals surface area contributed by atoms with Gasteiger partial charge in [0, 0.05) is 18.0 Å². The van der Waals surface area contributed by atoms with Gasteiger partial charge < -0.3 is 4.74 Å². The van der Waals surface area contributed by atoms with Gasteiger partial charge in [-0.15, -0.1) is 0 Å². The van der Waals surface area contributed by atoms with Gasteiger partial charge in [0.15, 0.2) is 0 Å². The number of sulfonamides is 1. The minimum atomic E-state index is -3.55. The van der Waals surface area contributed by atoms with Crippen molar-refractivity contribution in [2.45, 2.75) is 5.75 Å². The number of carbonyl (C=O) groups excluding carboxylic acids is 1. The van der Waals surface area contributed by atoms with E-state index in [-0.39, 0.29) is 24.4 Å². The predicted molar refractivity (Wildman–Crippen MR) is 72.4 cm³/mol. The zero-order valence-corrected chi connectivity index (χ0v) is 11.6. The maximum absolute atomic E-state index is 11.8. The van der Waals surface area contributed by atoms with E-state index in [0.717, 1.165) is 0 Å². The zero-order chi connectivity index (χ0) is 15.0. The average Bonchev–Trinajstić information content (AvgIpc) is 2.42. The number of esters is 1. The number of nitrogens with zero attached hydrogens (tertiary/aromatic N) is 3. The molecule has 8 nitrogen and oxygen atoms in total. The molecular weight excluding hydrogens is 284 g/mol. The highest BCUT2D eigenvalue weighted by Crippen LogP contribution is 2.09. The molecule has 1 aromatic carbocycles. The van der Waals surface area contributed by atoms with E-state index in [4.69, 9.17) is 5.53 Å². The summed E-state index contributed by atoms with van der Waals surface area (Å²) < 4.78 is 30.4. The molecule has 0 aliphatic carbocycles. The van der Waals surface area contributed by atoms with Crippen LogP contribution in [-0.4, -0.2) is 34.6 Å². The van der Waals surface area contributed by atoms with Crippen LogP contribution in [0, 0.1) is 0 Å². The molecule has 0 spiro atoms. The summed E-state index contributed by atoms with van der Waals surface area (Å²) in [5.74, 6) is -0.797. The Morgan fingerprint density at radius 2 is 2.25 bits per heavy atom. The lowest BCUT2D eigenvalue weighted by molar-refractivity contribution is 0.0600. The summed E-state index contributed by atoms with van der Waals surface area (Å²) >= 11 is 0. The van der Waals surface area contributed by atoms with Crippen LogP contribution in [0.5, 0.6) is 0 Å².